The molecule has 9 heteroatoms. The monoisotopic (exact) mass is 465 g/mol. The number of halogens is 1. The van der Waals surface area contributed by atoms with Crippen LogP contribution in [-0.2, 0) is 14.3 Å². The second-order valence-corrected chi connectivity index (χ2v) is 4.87. The Kier molecular flexibility index (Phi) is 15.1. The van der Waals surface area contributed by atoms with Gasteiger partial charge in [-0.2, -0.15) is 0 Å². The van der Waals surface area contributed by atoms with Gasteiger partial charge in [0.2, 0.25) is 5.91 Å². The number of pyridine rings is 1. The zero-order valence-corrected chi connectivity index (χ0v) is 17.1. The Morgan fingerprint density at radius 2 is 2.12 bits per heavy atom. The van der Waals surface area contributed by atoms with Gasteiger partial charge in [0, 0.05) is 33.0 Å². The van der Waals surface area contributed by atoms with Crippen LogP contribution in [0.25, 0.3) is 0 Å². The average Bonchev–Trinajstić information content (AvgIpc) is 2.59. The number of anilines is 1. The first-order valence-electron chi connectivity index (χ1n) is 8.05. The molecule has 0 spiro atoms. The smallest absolute Gasteiger partial charge is 0.246 e. The molecule has 1 amide bonds. The van der Waals surface area contributed by atoms with E-state index in [1.165, 1.54) is 0 Å². The summed E-state index contributed by atoms with van der Waals surface area (Å²) in [6.07, 6.45) is 4.09. The van der Waals surface area contributed by atoms with Crippen LogP contribution in [0, 0.1) is 0 Å². The molecule has 25 heavy (non-hydrogen) atoms. The van der Waals surface area contributed by atoms with Gasteiger partial charge < -0.3 is 25.4 Å². The maximum atomic E-state index is 11.9. The zero-order chi connectivity index (χ0) is 17.5. The molecule has 142 valence electrons. The van der Waals surface area contributed by atoms with Gasteiger partial charge in [-0.15, -0.1) is 24.0 Å². The minimum absolute atomic E-state index is 0. The molecule has 3 N–H and O–H groups in total. The third-order valence-corrected chi connectivity index (χ3v) is 2.86. The number of aliphatic imine (C=N–C) groups is 1. The summed E-state index contributed by atoms with van der Waals surface area (Å²) in [7, 11) is 1.65. The molecule has 0 radical (unpaired) electrons. The van der Waals surface area contributed by atoms with E-state index in [4.69, 9.17) is 9.47 Å². The molecular formula is C16H28IN5O3. The van der Waals surface area contributed by atoms with Gasteiger partial charge in [0.25, 0.3) is 0 Å². The van der Waals surface area contributed by atoms with Crippen LogP contribution in [0.2, 0.25) is 0 Å². The number of carbonyl (C=O) groups excluding carboxylic acids is 1. The van der Waals surface area contributed by atoms with E-state index in [1.807, 2.05) is 6.92 Å². The van der Waals surface area contributed by atoms with Gasteiger partial charge in [-0.25, -0.2) is 4.99 Å². The maximum Gasteiger partial charge on any atom is 0.246 e. The molecule has 1 aromatic rings. The summed E-state index contributed by atoms with van der Waals surface area (Å²) >= 11 is 0. The van der Waals surface area contributed by atoms with E-state index < -0.39 is 0 Å². The minimum atomic E-state index is -0.192. The molecule has 0 bridgehead atoms. The number of nitrogens with one attached hydrogen (secondary N) is 3. The van der Waals surface area contributed by atoms with Crippen molar-refractivity contribution in [2.75, 3.05) is 51.9 Å². The second-order valence-electron chi connectivity index (χ2n) is 4.87. The molecule has 0 aliphatic carbocycles. The molecule has 1 aromatic heterocycles. The molecule has 0 aromatic carbocycles. The number of guanidine groups is 1. The molecular weight excluding hydrogens is 437 g/mol. The Hall–Kier alpha value is -1.46. The van der Waals surface area contributed by atoms with Gasteiger partial charge in [-0.3, -0.25) is 9.78 Å². The number of hydrogen-bond acceptors (Lipinski definition) is 5. The summed E-state index contributed by atoms with van der Waals surface area (Å²) in [6, 6.07) is 3.54. The van der Waals surface area contributed by atoms with E-state index in [1.54, 1.807) is 31.6 Å². The summed E-state index contributed by atoms with van der Waals surface area (Å²) < 4.78 is 10.3. The summed E-state index contributed by atoms with van der Waals surface area (Å²) in [5, 5.41) is 9.00. The van der Waals surface area contributed by atoms with Crippen molar-refractivity contribution in [1.82, 2.24) is 15.6 Å². The van der Waals surface area contributed by atoms with Crippen molar-refractivity contribution in [2.24, 2.45) is 4.99 Å². The van der Waals surface area contributed by atoms with Gasteiger partial charge in [0.1, 0.15) is 6.54 Å². The van der Waals surface area contributed by atoms with Gasteiger partial charge in [-0.1, -0.05) is 0 Å². The van der Waals surface area contributed by atoms with Crippen LogP contribution in [0.15, 0.2) is 29.5 Å². The Balaban J connectivity index is 0.00000576. The first kappa shape index (κ1) is 23.5. The molecule has 0 fully saturated rings. The fourth-order valence-corrected chi connectivity index (χ4v) is 1.76. The van der Waals surface area contributed by atoms with Crippen molar-refractivity contribution in [3.8, 4) is 0 Å². The second kappa shape index (κ2) is 16.0. The molecule has 0 aliphatic rings. The number of amides is 1. The van der Waals surface area contributed by atoms with Crippen LogP contribution in [0.5, 0.6) is 0 Å². The standard InChI is InChI=1S/C16H27N5O3.HI/c1-3-18-16(19-8-5-9-24-11-10-23-2)20-13-15(22)21-14-6-4-7-17-12-14;/h4,6-7,12H,3,5,8-11,13H2,1-2H3,(H,21,22)(H2,18,19,20);1H. The van der Waals surface area contributed by atoms with Crippen molar-refractivity contribution in [1.29, 1.82) is 0 Å². The number of nitrogens with zero attached hydrogens (tertiary/aromatic N) is 2. The lowest BCUT2D eigenvalue weighted by Gasteiger charge is -2.11. The average molecular weight is 465 g/mol. The van der Waals surface area contributed by atoms with Crippen molar-refractivity contribution in [3.63, 3.8) is 0 Å². The minimum Gasteiger partial charge on any atom is -0.382 e. The third-order valence-electron chi connectivity index (χ3n) is 2.86. The van der Waals surface area contributed by atoms with Crippen LogP contribution in [0.3, 0.4) is 0 Å². The number of hydrogen-bond donors (Lipinski definition) is 3. The van der Waals surface area contributed by atoms with Crippen molar-refractivity contribution in [3.05, 3.63) is 24.5 Å². The van der Waals surface area contributed by atoms with Gasteiger partial charge in [0.15, 0.2) is 5.96 Å². The Labute approximate surface area is 166 Å². The quantitative estimate of drug-likeness (QED) is 0.197. The molecule has 8 nitrogen and oxygen atoms in total. The Morgan fingerprint density at radius 1 is 1.28 bits per heavy atom. The lowest BCUT2D eigenvalue weighted by Crippen LogP contribution is -2.38. The Bertz CT molecular complexity index is 488. The predicted molar refractivity (Wildman–Crippen MR) is 110 cm³/mol. The van der Waals surface area contributed by atoms with E-state index in [9.17, 15) is 4.79 Å². The first-order valence-corrected chi connectivity index (χ1v) is 8.05. The van der Waals surface area contributed by atoms with Crippen molar-refractivity contribution in [2.45, 2.75) is 13.3 Å². The predicted octanol–water partition coefficient (Wildman–Crippen LogP) is 1.25. The zero-order valence-electron chi connectivity index (χ0n) is 14.8. The number of carbonyl (C=O) groups is 1. The molecule has 0 saturated carbocycles. The van der Waals surface area contributed by atoms with Crippen molar-refractivity contribution >= 4 is 41.5 Å². The lowest BCUT2D eigenvalue weighted by atomic mass is 10.4. The number of ether oxygens (including phenoxy) is 2. The SMILES string of the molecule is CCNC(=NCC(=O)Nc1cccnc1)NCCCOCCOC.I. The normalized spacial score (nSPS) is 10.7. The van der Waals surface area contributed by atoms with E-state index in [-0.39, 0.29) is 36.4 Å². The van der Waals surface area contributed by atoms with Crippen LogP contribution in [-0.4, -0.2) is 63.4 Å². The van der Waals surface area contributed by atoms with E-state index in [0.717, 1.165) is 13.0 Å². The van der Waals surface area contributed by atoms with Crippen LogP contribution in [0.4, 0.5) is 5.69 Å². The topological polar surface area (TPSA) is 96.9 Å². The summed E-state index contributed by atoms with van der Waals surface area (Å²) in [6.45, 7) is 5.29. The third kappa shape index (κ3) is 12.5. The fourth-order valence-electron chi connectivity index (χ4n) is 1.76. The molecule has 1 heterocycles. The van der Waals surface area contributed by atoms with Crippen LogP contribution < -0.4 is 16.0 Å². The molecule has 0 unspecified atom stereocenters. The van der Waals surface area contributed by atoms with Gasteiger partial charge in [-0.05, 0) is 25.5 Å². The highest BCUT2D eigenvalue weighted by molar-refractivity contribution is 14.0. The van der Waals surface area contributed by atoms with Crippen LogP contribution in [0.1, 0.15) is 13.3 Å². The highest BCUT2D eigenvalue weighted by Gasteiger charge is 2.03. The highest BCUT2D eigenvalue weighted by Crippen LogP contribution is 2.01. The Morgan fingerprint density at radius 3 is 2.80 bits per heavy atom. The lowest BCUT2D eigenvalue weighted by molar-refractivity contribution is -0.114. The molecule has 0 atom stereocenters. The van der Waals surface area contributed by atoms with Gasteiger partial charge in [0.05, 0.1) is 25.1 Å². The summed E-state index contributed by atoms with van der Waals surface area (Å²) in [5.41, 5.74) is 0.656. The fraction of sp³-hybridized carbons (Fsp3) is 0.562. The van der Waals surface area contributed by atoms with Gasteiger partial charge >= 0.3 is 0 Å². The number of aromatic nitrogens is 1. The largest absolute Gasteiger partial charge is 0.382 e. The molecule has 1 rings (SSSR count). The van der Waals surface area contributed by atoms with E-state index in [2.05, 4.69) is 25.9 Å². The summed E-state index contributed by atoms with van der Waals surface area (Å²) in [4.78, 5) is 20.1. The highest BCUT2D eigenvalue weighted by atomic mass is 127. The first-order chi connectivity index (χ1) is 11.8. The van der Waals surface area contributed by atoms with E-state index >= 15 is 0 Å². The number of rotatable bonds is 11. The molecule has 0 saturated heterocycles. The summed E-state index contributed by atoms with van der Waals surface area (Å²) in [5.74, 6) is 0.416. The molecule has 0 aliphatic heterocycles. The van der Waals surface area contributed by atoms with E-state index in [0.29, 0.717) is 38.0 Å². The maximum absolute atomic E-state index is 11.9. The van der Waals surface area contributed by atoms with Crippen LogP contribution >= 0.6 is 24.0 Å². The number of methoxy groups -OCH3 is 1. The van der Waals surface area contributed by atoms with Crippen molar-refractivity contribution < 1.29 is 14.3 Å².